The maximum Gasteiger partial charge on any atom is 0.343 e. The van der Waals surface area contributed by atoms with Crippen LogP contribution in [0.3, 0.4) is 0 Å². The van der Waals surface area contributed by atoms with E-state index in [0.717, 1.165) is 22.3 Å². The van der Waals surface area contributed by atoms with Gasteiger partial charge in [0.15, 0.2) is 0 Å². The van der Waals surface area contributed by atoms with Gasteiger partial charge in [-0.15, -0.1) is 0 Å². The molecule has 0 fully saturated rings. The van der Waals surface area contributed by atoms with Crippen molar-refractivity contribution in [3.63, 3.8) is 0 Å². The van der Waals surface area contributed by atoms with Crippen LogP contribution in [0.4, 0.5) is 0 Å². The molecule has 4 heteroatoms. The first-order chi connectivity index (χ1) is 13.3. The van der Waals surface area contributed by atoms with Gasteiger partial charge < -0.3 is 9.47 Å². The molecule has 0 aliphatic heterocycles. The fourth-order valence-corrected chi connectivity index (χ4v) is 2.66. The fourth-order valence-electron chi connectivity index (χ4n) is 2.66. The number of carbonyl (C=O) groups excluding carboxylic acids is 2. The largest absolute Gasteiger partial charge is 0.423 e. The lowest BCUT2D eigenvalue weighted by atomic mass is 10.1. The summed E-state index contributed by atoms with van der Waals surface area (Å²) >= 11 is 0. The number of rotatable bonds is 4. The van der Waals surface area contributed by atoms with Gasteiger partial charge in [-0.3, -0.25) is 0 Å². The van der Waals surface area contributed by atoms with E-state index < -0.39 is 11.9 Å². The summed E-state index contributed by atoms with van der Waals surface area (Å²) in [7, 11) is 0. The summed E-state index contributed by atoms with van der Waals surface area (Å²) in [5.74, 6) is -0.111. The smallest absolute Gasteiger partial charge is 0.343 e. The third-order valence-corrected chi connectivity index (χ3v) is 4.71. The Morgan fingerprint density at radius 2 is 1.00 bits per heavy atom. The van der Waals surface area contributed by atoms with Crippen molar-refractivity contribution < 1.29 is 19.1 Å². The van der Waals surface area contributed by atoms with Crippen LogP contribution < -0.4 is 9.47 Å². The van der Waals surface area contributed by atoms with Crippen LogP contribution in [0.5, 0.6) is 11.5 Å². The first-order valence-corrected chi connectivity index (χ1v) is 9.02. The highest BCUT2D eigenvalue weighted by Gasteiger charge is 2.14. The number of ether oxygens (including phenoxy) is 2. The minimum Gasteiger partial charge on any atom is -0.423 e. The SMILES string of the molecule is Cc1ccc(OC(=O)c2cccc(C(=O)Oc3ccc(C)c(C)c3)c2)cc1C. The molecule has 0 amide bonds. The Kier molecular flexibility index (Phi) is 5.59. The zero-order chi connectivity index (χ0) is 20.3. The lowest BCUT2D eigenvalue weighted by Crippen LogP contribution is -2.12. The average molecular weight is 374 g/mol. The molecule has 0 heterocycles. The fraction of sp³-hybridized carbons (Fsp3) is 0.167. The number of esters is 2. The molecule has 0 aliphatic rings. The summed E-state index contributed by atoms with van der Waals surface area (Å²) in [5, 5.41) is 0. The predicted molar refractivity (Wildman–Crippen MR) is 108 cm³/mol. The molecule has 4 nitrogen and oxygen atoms in total. The van der Waals surface area contributed by atoms with Crippen molar-refractivity contribution in [3.05, 3.63) is 94.0 Å². The predicted octanol–water partition coefficient (Wildman–Crippen LogP) is 5.36. The molecular formula is C24H22O4. The van der Waals surface area contributed by atoms with E-state index in [-0.39, 0.29) is 11.1 Å². The number of hydrogen-bond acceptors (Lipinski definition) is 4. The highest BCUT2D eigenvalue weighted by atomic mass is 16.5. The maximum absolute atomic E-state index is 12.5. The van der Waals surface area contributed by atoms with Gasteiger partial charge in [0, 0.05) is 0 Å². The molecule has 28 heavy (non-hydrogen) atoms. The summed E-state index contributed by atoms with van der Waals surface area (Å²) in [6.07, 6.45) is 0. The zero-order valence-electron chi connectivity index (χ0n) is 16.4. The standard InChI is InChI=1S/C24H22O4/c1-15-8-10-21(12-17(15)3)27-23(25)19-6-5-7-20(14-19)24(26)28-22-11-9-16(2)18(4)13-22/h5-14H,1-4H3. The number of aryl methyl sites for hydroxylation is 4. The van der Waals surface area contributed by atoms with Crippen LogP contribution in [0.1, 0.15) is 43.0 Å². The quantitative estimate of drug-likeness (QED) is 0.456. The monoisotopic (exact) mass is 374 g/mol. The van der Waals surface area contributed by atoms with Gasteiger partial charge in [-0.25, -0.2) is 9.59 Å². The third kappa shape index (κ3) is 4.46. The lowest BCUT2D eigenvalue weighted by molar-refractivity contribution is 0.0734. The van der Waals surface area contributed by atoms with Gasteiger partial charge in [0.25, 0.3) is 0 Å². The Balaban J connectivity index is 1.75. The minimum absolute atomic E-state index is 0.285. The molecule has 0 N–H and O–H groups in total. The topological polar surface area (TPSA) is 52.6 Å². The molecule has 0 saturated carbocycles. The first kappa shape index (κ1) is 19.4. The summed E-state index contributed by atoms with van der Waals surface area (Å²) in [5.41, 5.74) is 4.89. The third-order valence-electron chi connectivity index (χ3n) is 4.71. The van der Waals surface area contributed by atoms with Gasteiger partial charge in [0.1, 0.15) is 11.5 Å². The molecule has 0 bridgehead atoms. The summed E-state index contributed by atoms with van der Waals surface area (Å²) in [6.45, 7) is 7.89. The van der Waals surface area contributed by atoms with Crippen LogP contribution in [0, 0.1) is 27.7 Å². The van der Waals surface area contributed by atoms with E-state index in [1.165, 1.54) is 6.07 Å². The average Bonchev–Trinajstić information content (AvgIpc) is 2.67. The molecule has 3 rings (SSSR count). The van der Waals surface area contributed by atoms with Crippen molar-refractivity contribution in [2.24, 2.45) is 0 Å². The molecule has 0 aliphatic carbocycles. The molecule has 0 aromatic heterocycles. The van der Waals surface area contributed by atoms with Crippen molar-refractivity contribution in [3.8, 4) is 11.5 Å². The van der Waals surface area contributed by atoms with Crippen molar-refractivity contribution >= 4 is 11.9 Å². The van der Waals surface area contributed by atoms with E-state index in [1.807, 2.05) is 52.0 Å². The van der Waals surface area contributed by atoms with Crippen LogP contribution in [0.15, 0.2) is 60.7 Å². The molecule has 0 atom stereocenters. The van der Waals surface area contributed by atoms with Crippen LogP contribution in [-0.2, 0) is 0 Å². The number of hydrogen-bond donors (Lipinski definition) is 0. The lowest BCUT2D eigenvalue weighted by Gasteiger charge is -2.09. The van der Waals surface area contributed by atoms with E-state index >= 15 is 0 Å². The minimum atomic E-state index is -0.524. The van der Waals surface area contributed by atoms with Gasteiger partial charge >= 0.3 is 11.9 Å². The molecular weight excluding hydrogens is 352 g/mol. The summed E-state index contributed by atoms with van der Waals surface area (Å²) in [4.78, 5) is 24.9. The van der Waals surface area contributed by atoms with Gasteiger partial charge in [-0.2, -0.15) is 0 Å². The Morgan fingerprint density at radius 3 is 1.39 bits per heavy atom. The number of carbonyl (C=O) groups is 2. The Bertz CT molecular complexity index is 969. The van der Waals surface area contributed by atoms with Gasteiger partial charge in [0.05, 0.1) is 11.1 Å². The Hall–Kier alpha value is -3.40. The molecule has 0 spiro atoms. The summed E-state index contributed by atoms with van der Waals surface area (Å²) < 4.78 is 10.9. The Labute approximate surface area is 164 Å². The molecule has 3 aromatic rings. The van der Waals surface area contributed by atoms with E-state index in [2.05, 4.69) is 0 Å². The highest BCUT2D eigenvalue weighted by molar-refractivity contribution is 5.96. The van der Waals surface area contributed by atoms with E-state index in [1.54, 1.807) is 30.3 Å². The van der Waals surface area contributed by atoms with Crippen LogP contribution in [0.25, 0.3) is 0 Å². The van der Waals surface area contributed by atoms with Gasteiger partial charge in [-0.05, 0) is 92.4 Å². The maximum atomic E-state index is 12.5. The molecule has 0 saturated heterocycles. The van der Waals surface area contributed by atoms with Crippen molar-refractivity contribution in [1.82, 2.24) is 0 Å². The normalized spacial score (nSPS) is 10.4. The second-order valence-corrected chi connectivity index (χ2v) is 6.85. The molecule has 3 aromatic carbocycles. The van der Waals surface area contributed by atoms with E-state index in [0.29, 0.717) is 11.5 Å². The van der Waals surface area contributed by atoms with Crippen LogP contribution >= 0.6 is 0 Å². The van der Waals surface area contributed by atoms with Crippen molar-refractivity contribution in [2.75, 3.05) is 0 Å². The number of benzene rings is 3. The zero-order valence-corrected chi connectivity index (χ0v) is 16.4. The van der Waals surface area contributed by atoms with Gasteiger partial charge in [0.2, 0.25) is 0 Å². The highest BCUT2D eigenvalue weighted by Crippen LogP contribution is 2.20. The van der Waals surface area contributed by atoms with Crippen molar-refractivity contribution in [2.45, 2.75) is 27.7 Å². The second-order valence-electron chi connectivity index (χ2n) is 6.85. The van der Waals surface area contributed by atoms with Crippen LogP contribution in [-0.4, -0.2) is 11.9 Å². The first-order valence-electron chi connectivity index (χ1n) is 9.02. The van der Waals surface area contributed by atoms with Crippen molar-refractivity contribution in [1.29, 1.82) is 0 Å². The van der Waals surface area contributed by atoms with E-state index in [4.69, 9.17) is 9.47 Å². The van der Waals surface area contributed by atoms with Crippen LogP contribution in [0.2, 0.25) is 0 Å². The summed E-state index contributed by atoms with van der Waals surface area (Å²) in [6, 6.07) is 17.2. The molecule has 142 valence electrons. The molecule has 0 unspecified atom stereocenters. The second kappa shape index (κ2) is 8.09. The Morgan fingerprint density at radius 1 is 0.571 bits per heavy atom. The molecule has 0 radical (unpaired) electrons. The van der Waals surface area contributed by atoms with Gasteiger partial charge in [-0.1, -0.05) is 18.2 Å². The van der Waals surface area contributed by atoms with E-state index in [9.17, 15) is 9.59 Å².